The van der Waals surface area contributed by atoms with E-state index in [0.29, 0.717) is 19.2 Å². The van der Waals surface area contributed by atoms with Gasteiger partial charge in [-0.15, -0.1) is 0 Å². The number of hydrogen-bond acceptors (Lipinski definition) is 3. The molecule has 1 aromatic heterocycles. The van der Waals surface area contributed by atoms with Gasteiger partial charge < -0.3 is 15.0 Å². The van der Waals surface area contributed by atoms with Crippen LogP contribution < -0.4 is 5.32 Å². The van der Waals surface area contributed by atoms with Crippen molar-refractivity contribution in [3.05, 3.63) is 18.5 Å². The molecule has 0 aliphatic heterocycles. The summed E-state index contributed by atoms with van der Waals surface area (Å²) >= 11 is 0. The summed E-state index contributed by atoms with van der Waals surface area (Å²) in [6.07, 6.45) is 6.02. The van der Waals surface area contributed by atoms with Crippen molar-refractivity contribution in [2.45, 2.75) is 51.5 Å². The highest BCUT2D eigenvalue weighted by Crippen LogP contribution is 2.24. The van der Waals surface area contributed by atoms with Crippen LogP contribution in [0.3, 0.4) is 0 Å². The first-order valence-corrected chi connectivity index (χ1v) is 7.19. The van der Waals surface area contributed by atoms with Gasteiger partial charge >= 0.3 is 6.03 Å². The summed E-state index contributed by atoms with van der Waals surface area (Å²) in [5, 5.41) is 7.14. The van der Waals surface area contributed by atoms with E-state index in [-0.39, 0.29) is 18.2 Å². The maximum Gasteiger partial charge on any atom is 0.317 e. The molecule has 0 unspecified atom stereocenters. The van der Waals surface area contributed by atoms with E-state index in [4.69, 9.17) is 4.74 Å². The van der Waals surface area contributed by atoms with Gasteiger partial charge in [0.15, 0.2) is 0 Å². The highest BCUT2D eigenvalue weighted by Gasteiger charge is 2.32. The van der Waals surface area contributed by atoms with Gasteiger partial charge in [0.25, 0.3) is 0 Å². The van der Waals surface area contributed by atoms with Crippen LogP contribution in [-0.2, 0) is 11.3 Å². The zero-order valence-electron chi connectivity index (χ0n) is 12.5. The molecule has 0 bridgehead atoms. The number of likely N-dealkylation sites (N-methyl/N-ethyl adjacent to an activating group) is 1. The maximum atomic E-state index is 12.0. The van der Waals surface area contributed by atoms with E-state index in [1.807, 2.05) is 30.8 Å². The topological polar surface area (TPSA) is 59.4 Å². The summed E-state index contributed by atoms with van der Waals surface area (Å²) in [7, 11) is 1.81. The zero-order valence-corrected chi connectivity index (χ0v) is 12.5. The predicted molar refractivity (Wildman–Crippen MR) is 76.4 cm³/mol. The van der Waals surface area contributed by atoms with Crippen molar-refractivity contribution in [1.29, 1.82) is 0 Å². The van der Waals surface area contributed by atoms with Gasteiger partial charge in [0, 0.05) is 32.0 Å². The van der Waals surface area contributed by atoms with Crippen LogP contribution in [0.25, 0.3) is 0 Å². The summed E-state index contributed by atoms with van der Waals surface area (Å²) < 4.78 is 7.50. The van der Waals surface area contributed by atoms with Crippen molar-refractivity contribution in [3.63, 3.8) is 0 Å². The second-order valence-electron chi connectivity index (χ2n) is 5.62. The Morgan fingerprint density at radius 1 is 1.55 bits per heavy atom. The Kier molecular flexibility index (Phi) is 5.00. The fourth-order valence-corrected chi connectivity index (χ4v) is 2.25. The van der Waals surface area contributed by atoms with Gasteiger partial charge in [-0.1, -0.05) is 0 Å². The molecule has 0 radical (unpaired) electrons. The molecule has 2 amide bonds. The average molecular weight is 280 g/mol. The first-order valence-electron chi connectivity index (χ1n) is 7.19. The van der Waals surface area contributed by atoms with Crippen molar-refractivity contribution in [2.24, 2.45) is 0 Å². The molecule has 0 spiro atoms. The van der Waals surface area contributed by atoms with Gasteiger partial charge in [0.1, 0.15) is 0 Å². The van der Waals surface area contributed by atoms with Gasteiger partial charge in [0.05, 0.1) is 18.8 Å². The summed E-state index contributed by atoms with van der Waals surface area (Å²) in [5.41, 5.74) is 0. The van der Waals surface area contributed by atoms with E-state index in [0.717, 1.165) is 12.8 Å². The number of carbonyl (C=O) groups is 1. The Morgan fingerprint density at radius 2 is 2.30 bits per heavy atom. The Morgan fingerprint density at radius 3 is 2.90 bits per heavy atom. The molecular formula is C14H24N4O2. The summed E-state index contributed by atoms with van der Waals surface area (Å²) in [5.74, 6) is 0. The van der Waals surface area contributed by atoms with Gasteiger partial charge in [-0.25, -0.2) is 4.79 Å². The number of urea groups is 1. The SMILES string of the molecule is CC(C)OC1CC(NC(=O)N(C)CCn2cccn2)C1. The minimum absolute atomic E-state index is 0.0230. The largest absolute Gasteiger partial charge is 0.375 e. The number of nitrogens with one attached hydrogen (secondary N) is 1. The molecule has 1 aromatic rings. The van der Waals surface area contributed by atoms with E-state index in [9.17, 15) is 4.79 Å². The number of nitrogens with zero attached hydrogens (tertiary/aromatic N) is 3. The molecule has 1 aliphatic rings. The number of amides is 2. The molecule has 1 fully saturated rings. The summed E-state index contributed by atoms with van der Waals surface area (Å²) in [6, 6.07) is 2.10. The summed E-state index contributed by atoms with van der Waals surface area (Å²) in [6.45, 7) is 5.43. The second kappa shape index (κ2) is 6.74. The second-order valence-corrected chi connectivity index (χ2v) is 5.62. The van der Waals surface area contributed by atoms with E-state index in [1.165, 1.54) is 0 Å². The highest BCUT2D eigenvalue weighted by atomic mass is 16.5. The van der Waals surface area contributed by atoms with Gasteiger partial charge in [0.2, 0.25) is 0 Å². The van der Waals surface area contributed by atoms with Crippen LogP contribution in [0.4, 0.5) is 4.79 Å². The predicted octanol–water partition coefficient (Wildman–Crippen LogP) is 1.48. The van der Waals surface area contributed by atoms with E-state index in [1.54, 1.807) is 18.1 Å². The summed E-state index contributed by atoms with van der Waals surface area (Å²) in [4.78, 5) is 13.7. The van der Waals surface area contributed by atoms with Crippen LogP contribution in [0.15, 0.2) is 18.5 Å². The molecule has 0 atom stereocenters. The lowest BCUT2D eigenvalue weighted by atomic mass is 9.89. The van der Waals surface area contributed by atoms with Crippen LogP contribution in [-0.4, -0.2) is 52.6 Å². The van der Waals surface area contributed by atoms with Crippen LogP contribution >= 0.6 is 0 Å². The van der Waals surface area contributed by atoms with Crippen LogP contribution in [0.2, 0.25) is 0 Å². The van der Waals surface area contributed by atoms with Crippen molar-refractivity contribution >= 4 is 6.03 Å². The highest BCUT2D eigenvalue weighted by molar-refractivity contribution is 5.74. The van der Waals surface area contributed by atoms with Gasteiger partial charge in [-0.3, -0.25) is 4.68 Å². The Labute approximate surface area is 120 Å². The standard InChI is InChI=1S/C14H24N4O2/c1-11(2)20-13-9-12(10-13)16-14(19)17(3)7-8-18-6-4-5-15-18/h4-6,11-13H,7-10H2,1-3H3,(H,16,19). The van der Waals surface area contributed by atoms with E-state index < -0.39 is 0 Å². The minimum Gasteiger partial charge on any atom is -0.375 e. The first-order chi connectivity index (χ1) is 9.54. The van der Waals surface area contributed by atoms with Crippen LogP contribution in [0, 0.1) is 0 Å². The molecule has 112 valence electrons. The smallest absolute Gasteiger partial charge is 0.317 e. The van der Waals surface area contributed by atoms with Crippen molar-refractivity contribution in [3.8, 4) is 0 Å². The van der Waals surface area contributed by atoms with Crippen LogP contribution in [0.1, 0.15) is 26.7 Å². The molecular weight excluding hydrogens is 256 g/mol. The molecule has 1 aliphatic carbocycles. The van der Waals surface area contributed by atoms with Gasteiger partial charge in [-0.05, 0) is 32.8 Å². The fraction of sp³-hybridized carbons (Fsp3) is 0.714. The number of aromatic nitrogens is 2. The van der Waals surface area contributed by atoms with Crippen molar-refractivity contribution in [1.82, 2.24) is 20.0 Å². The average Bonchev–Trinajstić information content (AvgIpc) is 2.85. The molecule has 0 saturated heterocycles. The number of hydrogen-bond donors (Lipinski definition) is 1. The third-order valence-corrected chi connectivity index (χ3v) is 3.46. The lowest BCUT2D eigenvalue weighted by Gasteiger charge is -2.37. The van der Waals surface area contributed by atoms with Crippen molar-refractivity contribution < 1.29 is 9.53 Å². The van der Waals surface area contributed by atoms with E-state index >= 15 is 0 Å². The Bertz CT molecular complexity index is 413. The number of ether oxygens (including phenoxy) is 1. The Hall–Kier alpha value is -1.56. The number of rotatable bonds is 6. The molecule has 6 nitrogen and oxygen atoms in total. The molecule has 1 heterocycles. The third kappa shape index (κ3) is 4.23. The zero-order chi connectivity index (χ0) is 14.5. The first kappa shape index (κ1) is 14.8. The molecule has 20 heavy (non-hydrogen) atoms. The quantitative estimate of drug-likeness (QED) is 0.858. The van der Waals surface area contributed by atoms with Crippen LogP contribution in [0.5, 0.6) is 0 Å². The lowest BCUT2D eigenvalue weighted by Crippen LogP contribution is -2.52. The minimum atomic E-state index is -0.0230. The molecule has 1 N–H and O–H groups in total. The third-order valence-electron chi connectivity index (χ3n) is 3.46. The maximum absolute atomic E-state index is 12.0. The van der Waals surface area contributed by atoms with Crippen molar-refractivity contribution in [2.75, 3.05) is 13.6 Å². The molecule has 1 saturated carbocycles. The fourth-order valence-electron chi connectivity index (χ4n) is 2.25. The normalized spacial score (nSPS) is 21.6. The molecule has 2 rings (SSSR count). The monoisotopic (exact) mass is 280 g/mol. The van der Waals surface area contributed by atoms with Gasteiger partial charge in [-0.2, -0.15) is 5.10 Å². The Balaban J connectivity index is 1.62. The molecule has 0 aromatic carbocycles. The number of carbonyl (C=O) groups excluding carboxylic acids is 1. The van der Waals surface area contributed by atoms with E-state index in [2.05, 4.69) is 10.4 Å². The molecule has 6 heteroatoms. The lowest BCUT2D eigenvalue weighted by molar-refractivity contribution is -0.0480.